The molecule has 1 aromatic carbocycles. The average molecular weight is 288 g/mol. The van der Waals surface area contributed by atoms with E-state index in [9.17, 15) is 9.18 Å². The standard InChI is InChI=1S/C14H9FN2O2S/c15-11-7-13-10(6-9(11)14(18)19)12(16-17-13)4-3-8-2-1-5-20-8/h1-7H,(H,16,17)(H,18,19). The van der Waals surface area contributed by atoms with Crippen molar-refractivity contribution in [2.75, 3.05) is 0 Å². The molecule has 2 N–H and O–H groups in total. The monoisotopic (exact) mass is 288 g/mol. The van der Waals surface area contributed by atoms with Crippen molar-refractivity contribution in [3.05, 3.63) is 51.6 Å². The van der Waals surface area contributed by atoms with Gasteiger partial charge in [-0.2, -0.15) is 5.10 Å². The number of hydrogen-bond donors (Lipinski definition) is 2. The van der Waals surface area contributed by atoms with Crippen LogP contribution in [-0.4, -0.2) is 21.3 Å². The molecule has 100 valence electrons. The zero-order valence-electron chi connectivity index (χ0n) is 10.1. The van der Waals surface area contributed by atoms with Gasteiger partial charge >= 0.3 is 5.97 Å². The second kappa shape index (κ2) is 4.90. The van der Waals surface area contributed by atoms with Crippen molar-refractivity contribution in [3.8, 4) is 0 Å². The van der Waals surface area contributed by atoms with Gasteiger partial charge in [0, 0.05) is 16.3 Å². The molecule has 0 aliphatic rings. The lowest BCUT2D eigenvalue weighted by Gasteiger charge is -1.97. The number of H-pyrrole nitrogens is 1. The Morgan fingerprint density at radius 2 is 2.25 bits per heavy atom. The van der Waals surface area contributed by atoms with Crippen molar-refractivity contribution in [1.29, 1.82) is 0 Å². The van der Waals surface area contributed by atoms with Gasteiger partial charge in [-0.25, -0.2) is 9.18 Å². The van der Waals surface area contributed by atoms with E-state index in [4.69, 9.17) is 5.11 Å². The number of aromatic amines is 1. The molecule has 3 aromatic rings. The van der Waals surface area contributed by atoms with Gasteiger partial charge in [0.25, 0.3) is 0 Å². The van der Waals surface area contributed by atoms with Crippen LogP contribution >= 0.6 is 11.3 Å². The quantitative estimate of drug-likeness (QED) is 0.773. The highest BCUT2D eigenvalue weighted by molar-refractivity contribution is 7.10. The van der Waals surface area contributed by atoms with Gasteiger partial charge in [-0.1, -0.05) is 6.07 Å². The molecule has 3 rings (SSSR count). The van der Waals surface area contributed by atoms with Gasteiger partial charge in [-0.15, -0.1) is 11.3 Å². The molecule has 0 unspecified atom stereocenters. The van der Waals surface area contributed by atoms with Gasteiger partial charge in [0.15, 0.2) is 0 Å². The Balaban J connectivity index is 2.08. The summed E-state index contributed by atoms with van der Waals surface area (Å²) in [6.45, 7) is 0. The Morgan fingerprint density at radius 3 is 2.95 bits per heavy atom. The summed E-state index contributed by atoms with van der Waals surface area (Å²) in [4.78, 5) is 12.0. The number of nitrogens with zero attached hydrogens (tertiary/aromatic N) is 1. The minimum atomic E-state index is -1.29. The third kappa shape index (κ3) is 2.21. The van der Waals surface area contributed by atoms with Gasteiger partial charge in [0.2, 0.25) is 0 Å². The first-order valence-corrected chi connectivity index (χ1v) is 6.65. The summed E-state index contributed by atoms with van der Waals surface area (Å²) in [7, 11) is 0. The first-order chi connectivity index (χ1) is 9.65. The zero-order valence-corrected chi connectivity index (χ0v) is 10.9. The first-order valence-electron chi connectivity index (χ1n) is 5.77. The number of carboxylic acids is 1. The zero-order chi connectivity index (χ0) is 14.1. The Bertz CT molecular complexity index is 806. The molecule has 0 atom stereocenters. The largest absolute Gasteiger partial charge is 0.478 e. The van der Waals surface area contributed by atoms with Gasteiger partial charge < -0.3 is 5.11 Å². The summed E-state index contributed by atoms with van der Waals surface area (Å²) in [5, 5.41) is 18.2. The second-order valence-electron chi connectivity index (χ2n) is 4.14. The van der Waals surface area contributed by atoms with Crippen molar-refractivity contribution in [3.63, 3.8) is 0 Å². The van der Waals surface area contributed by atoms with Crippen molar-refractivity contribution >= 4 is 40.4 Å². The summed E-state index contributed by atoms with van der Waals surface area (Å²) in [6, 6.07) is 6.34. The van der Waals surface area contributed by atoms with Crippen molar-refractivity contribution in [1.82, 2.24) is 10.2 Å². The van der Waals surface area contributed by atoms with E-state index in [1.165, 1.54) is 6.07 Å². The van der Waals surface area contributed by atoms with Crippen LogP contribution in [0.4, 0.5) is 4.39 Å². The molecule has 4 nitrogen and oxygen atoms in total. The van der Waals surface area contributed by atoms with E-state index in [1.807, 2.05) is 23.6 Å². The Morgan fingerprint density at radius 1 is 1.40 bits per heavy atom. The van der Waals surface area contributed by atoms with E-state index >= 15 is 0 Å². The van der Waals surface area contributed by atoms with Gasteiger partial charge in [0.05, 0.1) is 16.8 Å². The molecular formula is C14H9FN2O2S. The highest BCUT2D eigenvalue weighted by Gasteiger charge is 2.14. The molecular weight excluding hydrogens is 279 g/mol. The van der Waals surface area contributed by atoms with Crippen LogP contribution in [0.3, 0.4) is 0 Å². The molecule has 0 amide bonds. The number of nitrogens with one attached hydrogen (secondary N) is 1. The summed E-state index contributed by atoms with van der Waals surface area (Å²) < 4.78 is 13.5. The molecule has 2 heterocycles. The average Bonchev–Trinajstić information content (AvgIpc) is 3.03. The van der Waals surface area contributed by atoms with E-state index in [-0.39, 0.29) is 5.56 Å². The molecule has 0 saturated heterocycles. The minimum Gasteiger partial charge on any atom is -0.478 e. The van der Waals surface area contributed by atoms with Crippen LogP contribution in [-0.2, 0) is 0 Å². The first kappa shape index (κ1) is 12.6. The number of thiophene rings is 1. The Kier molecular flexibility index (Phi) is 3.08. The topological polar surface area (TPSA) is 66.0 Å². The number of fused-ring (bicyclic) bond motifs is 1. The number of carboxylic acid groups (broad SMARTS) is 1. The van der Waals surface area contributed by atoms with E-state index in [2.05, 4.69) is 10.2 Å². The highest BCUT2D eigenvalue weighted by atomic mass is 32.1. The van der Waals surface area contributed by atoms with Crippen LogP contribution in [0.5, 0.6) is 0 Å². The normalized spacial score (nSPS) is 11.4. The Hall–Kier alpha value is -2.47. The fraction of sp³-hybridized carbons (Fsp3) is 0. The fourth-order valence-corrected chi connectivity index (χ4v) is 2.51. The molecule has 20 heavy (non-hydrogen) atoms. The molecule has 0 saturated carbocycles. The molecule has 0 spiro atoms. The van der Waals surface area contributed by atoms with E-state index in [0.717, 1.165) is 10.9 Å². The van der Waals surface area contributed by atoms with Gasteiger partial charge in [0.1, 0.15) is 5.82 Å². The molecule has 0 fully saturated rings. The maximum Gasteiger partial charge on any atom is 0.338 e. The molecule has 0 radical (unpaired) electrons. The van der Waals surface area contributed by atoms with E-state index in [0.29, 0.717) is 16.6 Å². The molecule has 0 aliphatic heterocycles. The van der Waals surface area contributed by atoms with Gasteiger partial charge in [-0.05, 0) is 29.7 Å². The number of benzene rings is 1. The summed E-state index contributed by atoms with van der Waals surface area (Å²) in [6.07, 6.45) is 3.65. The van der Waals surface area contributed by atoms with Gasteiger partial charge in [-0.3, -0.25) is 5.10 Å². The fourth-order valence-electron chi connectivity index (χ4n) is 1.90. The maximum absolute atomic E-state index is 13.5. The minimum absolute atomic E-state index is 0.357. The van der Waals surface area contributed by atoms with Crippen LogP contribution in [0.15, 0.2) is 29.6 Å². The second-order valence-corrected chi connectivity index (χ2v) is 5.12. The highest BCUT2D eigenvalue weighted by Crippen LogP contribution is 2.23. The van der Waals surface area contributed by atoms with Crippen LogP contribution in [0.25, 0.3) is 23.1 Å². The van der Waals surface area contributed by atoms with E-state index < -0.39 is 11.8 Å². The van der Waals surface area contributed by atoms with Crippen LogP contribution in [0.1, 0.15) is 20.9 Å². The maximum atomic E-state index is 13.5. The number of aromatic nitrogens is 2. The SMILES string of the molecule is O=C(O)c1cc2c(C=Cc3cccs3)n[nH]c2cc1F. The molecule has 0 aliphatic carbocycles. The van der Waals surface area contributed by atoms with Crippen LogP contribution < -0.4 is 0 Å². The predicted molar refractivity (Wildman–Crippen MR) is 76.3 cm³/mol. The lowest BCUT2D eigenvalue weighted by molar-refractivity contribution is 0.0692. The smallest absolute Gasteiger partial charge is 0.338 e. The molecule has 0 bridgehead atoms. The summed E-state index contributed by atoms with van der Waals surface area (Å²) in [5.74, 6) is -2.07. The molecule has 6 heteroatoms. The van der Waals surface area contributed by atoms with Crippen LogP contribution in [0, 0.1) is 5.82 Å². The lowest BCUT2D eigenvalue weighted by Crippen LogP contribution is -1.99. The number of hydrogen-bond acceptors (Lipinski definition) is 3. The Labute approximate surface area is 117 Å². The number of rotatable bonds is 3. The third-order valence-electron chi connectivity index (χ3n) is 2.86. The van der Waals surface area contributed by atoms with Crippen molar-refractivity contribution in [2.24, 2.45) is 0 Å². The van der Waals surface area contributed by atoms with Crippen molar-refractivity contribution in [2.45, 2.75) is 0 Å². The molecule has 2 aromatic heterocycles. The van der Waals surface area contributed by atoms with E-state index in [1.54, 1.807) is 17.4 Å². The van der Waals surface area contributed by atoms with Crippen LogP contribution in [0.2, 0.25) is 0 Å². The number of carbonyl (C=O) groups is 1. The lowest BCUT2D eigenvalue weighted by atomic mass is 10.1. The van der Waals surface area contributed by atoms with Crippen molar-refractivity contribution < 1.29 is 14.3 Å². The number of aromatic carboxylic acids is 1. The summed E-state index contributed by atoms with van der Waals surface area (Å²) in [5.41, 5.74) is 0.693. The number of halogens is 1. The predicted octanol–water partition coefficient (Wildman–Crippen LogP) is 3.63. The summed E-state index contributed by atoms with van der Waals surface area (Å²) >= 11 is 1.58. The third-order valence-corrected chi connectivity index (χ3v) is 3.70.